The van der Waals surface area contributed by atoms with Gasteiger partial charge in [-0.2, -0.15) is 4.72 Å². The van der Waals surface area contributed by atoms with Gasteiger partial charge in [0.05, 0.1) is 12.0 Å². The fourth-order valence-corrected chi connectivity index (χ4v) is 4.52. The second-order valence-electron chi connectivity index (χ2n) is 6.51. The highest BCUT2D eigenvalue weighted by Gasteiger charge is 2.29. The normalized spacial score (nSPS) is 12.5. The molecule has 0 radical (unpaired) electrons. The summed E-state index contributed by atoms with van der Waals surface area (Å²) in [4.78, 5) is 14.3. The first-order valence-electron chi connectivity index (χ1n) is 8.69. The van der Waals surface area contributed by atoms with Gasteiger partial charge in [0, 0.05) is 30.6 Å². The van der Waals surface area contributed by atoms with Gasteiger partial charge in [-0.1, -0.05) is 54.6 Å². The first-order valence-corrected chi connectivity index (χ1v) is 10.2. The van der Waals surface area contributed by atoms with E-state index in [1.807, 2.05) is 37.2 Å². The van der Waals surface area contributed by atoms with Crippen molar-refractivity contribution in [1.29, 1.82) is 0 Å². The van der Waals surface area contributed by atoms with Gasteiger partial charge in [-0.3, -0.25) is 0 Å². The fourth-order valence-electron chi connectivity index (χ4n) is 3.12. The van der Waals surface area contributed by atoms with Crippen molar-refractivity contribution in [2.75, 3.05) is 26.1 Å². The van der Waals surface area contributed by atoms with E-state index in [0.717, 1.165) is 11.1 Å². The number of nitrogens with one attached hydrogen (secondary N) is 1. The first kappa shape index (κ1) is 19.9. The molecule has 0 fully saturated rings. The van der Waals surface area contributed by atoms with Gasteiger partial charge >= 0.3 is 5.97 Å². The van der Waals surface area contributed by atoms with Crippen molar-refractivity contribution in [3.8, 4) is 0 Å². The van der Waals surface area contributed by atoms with E-state index < -0.39 is 22.0 Å². The predicted molar refractivity (Wildman–Crippen MR) is 110 cm³/mol. The Labute approximate surface area is 164 Å². The number of esters is 1. The van der Waals surface area contributed by atoms with Gasteiger partial charge in [0.1, 0.15) is 6.04 Å². The minimum Gasteiger partial charge on any atom is -0.468 e. The van der Waals surface area contributed by atoms with E-state index in [4.69, 9.17) is 4.74 Å². The van der Waals surface area contributed by atoms with Crippen LogP contribution >= 0.6 is 0 Å². The van der Waals surface area contributed by atoms with Gasteiger partial charge < -0.3 is 9.64 Å². The number of methoxy groups -OCH3 is 1. The summed E-state index contributed by atoms with van der Waals surface area (Å²) in [7, 11) is 1.03. The quantitative estimate of drug-likeness (QED) is 0.646. The van der Waals surface area contributed by atoms with E-state index >= 15 is 0 Å². The highest BCUT2D eigenvalue weighted by Crippen LogP contribution is 2.31. The Morgan fingerprint density at radius 2 is 1.57 bits per heavy atom. The minimum atomic E-state index is -4.00. The molecule has 28 heavy (non-hydrogen) atoms. The van der Waals surface area contributed by atoms with Crippen LogP contribution in [-0.2, 0) is 19.6 Å². The maximum atomic E-state index is 13.2. The molecule has 1 atom stereocenters. The van der Waals surface area contributed by atoms with Crippen molar-refractivity contribution in [2.24, 2.45) is 0 Å². The third kappa shape index (κ3) is 3.85. The van der Waals surface area contributed by atoms with Gasteiger partial charge in [-0.15, -0.1) is 0 Å². The van der Waals surface area contributed by atoms with Crippen LogP contribution in [0.2, 0.25) is 0 Å². The molecule has 0 bridgehead atoms. The summed E-state index contributed by atoms with van der Waals surface area (Å²) in [5.74, 6) is -0.677. The summed E-state index contributed by atoms with van der Waals surface area (Å²) < 4.78 is 33.7. The van der Waals surface area contributed by atoms with Gasteiger partial charge in [0.2, 0.25) is 10.0 Å². The summed E-state index contributed by atoms with van der Waals surface area (Å²) >= 11 is 0. The Kier molecular flexibility index (Phi) is 5.67. The van der Waals surface area contributed by atoms with Crippen LogP contribution in [0.15, 0.2) is 71.6 Å². The molecule has 0 amide bonds. The summed E-state index contributed by atoms with van der Waals surface area (Å²) in [6.07, 6.45) is 0. The summed E-state index contributed by atoms with van der Waals surface area (Å²) in [6, 6.07) is 18.1. The average molecular weight is 398 g/mol. The van der Waals surface area contributed by atoms with Crippen molar-refractivity contribution in [2.45, 2.75) is 10.9 Å². The van der Waals surface area contributed by atoms with Crippen LogP contribution < -0.4 is 9.62 Å². The molecule has 146 valence electrons. The Balaban J connectivity index is 2.10. The number of carbonyl (C=O) groups is 1. The zero-order valence-corrected chi connectivity index (χ0v) is 16.7. The van der Waals surface area contributed by atoms with E-state index in [2.05, 4.69) is 4.72 Å². The van der Waals surface area contributed by atoms with Crippen molar-refractivity contribution in [3.05, 3.63) is 72.3 Å². The second-order valence-corrected chi connectivity index (χ2v) is 8.19. The number of carbonyl (C=O) groups excluding carboxylic acids is 1. The van der Waals surface area contributed by atoms with Crippen molar-refractivity contribution < 1.29 is 17.9 Å². The van der Waals surface area contributed by atoms with E-state index in [9.17, 15) is 13.2 Å². The average Bonchev–Trinajstić information content (AvgIpc) is 2.71. The predicted octanol–water partition coefficient (Wildman–Crippen LogP) is 3.10. The smallest absolute Gasteiger partial charge is 0.328 e. The number of ether oxygens (including phenoxy) is 1. The third-order valence-electron chi connectivity index (χ3n) is 4.47. The van der Waals surface area contributed by atoms with Crippen LogP contribution in [0.3, 0.4) is 0 Å². The Bertz CT molecular complexity index is 1100. The van der Waals surface area contributed by atoms with Crippen molar-refractivity contribution >= 4 is 32.5 Å². The monoisotopic (exact) mass is 398 g/mol. The maximum absolute atomic E-state index is 13.2. The number of nitrogens with zero attached hydrogens (tertiary/aromatic N) is 1. The zero-order valence-electron chi connectivity index (χ0n) is 15.9. The van der Waals surface area contributed by atoms with Crippen LogP contribution in [0.4, 0.5) is 5.69 Å². The topological polar surface area (TPSA) is 75.7 Å². The molecule has 3 aromatic carbocycles. The first-order chi connectivity index (χ1) is 13.3. The molecule has 0 aliphatic rings. The SMILES string of the molecule is COC(=O)[C@H](NS(=O)(=O)c1cccc2c(N(C)C)cccc12)c1ccccc1. The molecule has 3 rings (SSSR count). The molecular formula is C21H22N2O4S. The highest BCUT2D eigenvalue weighted by atomic mass is 32.2. The minimum absolute atomic E-state index is 0.110. The van der Waals surface area contributed by atoms with Gasteiger partial charge in [-0.25, -0.2) is 13.2 Å². The molecule has 0 spiro atoms. The molecule has 0 saturated heterocycles. The highest BCUT2D eigenvalue weighted by molar-refractivity contribution is 7.89. The standard InChI is InChI=1S/C21H22N2O4S/c1-23(2)18-13-7-12-17-16(18)11-8-14-19(17)28(25,26)22-20(21(24)27-3)15-9-5-4-6-10-15/h4-14,20,22H,1-3H3/t20-/m1/s1. The van der Waals surface area contributed by atoms with E-state index in [1.54, 1.807) is 42.5 Å². The lowest BCUT2D eigenvalue weighted by molar-refractivity contribution is -0.142. The molecular weight excluding hydrogens is 376 g/mol. The summed E-state index contributed by atoms with van der Waals surface area (Å²) in [5.41, 5.74) is 1.41. The molecule has 1 N–H and O–H groups in total. The Morgan fingerprint density at radius 3 is 2.21 bits per heavy atom. The number of fused-ring (bicyclic) bond motifs is 1. The van der Waals surface area contributed by atoms with Crippen molar-refractivity contribution in [1.82, 2.24) is 4.72 Å². The molecule has 0 aliphatic heterocycles. The Morgan fingerprint density at radius 1 is 0.929 bits per heavy atom. The van der Waals surface area contributed by atoms with E-state index in [0.29, 0.717) is 10.9 Å². The molecule has 0 heterocycles. The van der Waals surface area contributed by atoms with Crippen molar-refractivity contribution in [3.63, 3.8) is 0 Å². The van der Waals surface area contributed by atoms with Crippen LogP contribution in [0.1, 0.15) is 11.6 Å². The molecule has 0 aliphatic carbocycles. The van der Waals surface area contributed by atoms with E-state index in [-0.39, 0.29) is 4.90 Å². The molecule has 0 unspecified atom stereocenters. The number of anilines is 1. The molecule has 0 aromatic heterocycles. The maximum Gasteiger partial charge on any atom is 0.328 e. The third-order valence-corrected chi connectivity index (χ3v) is 5.95. The molecule has 0 saturated carbocycles. The lowest BCUT2D eigenvalue weighted by Gasteiger charge is -2.19. The Hall–Kier alpha value is -2.90. The fraction of sp³-hybridized carbons (Fsp3) is 0.190. The molecule has 3 aromatic rings. The van der Waals surface area contributed by atoms with Crippen LogP contribution in [0.5, 0.6) is 0 Å². The largest absolute Gasteiger partial charge is 0.468 e. The molecule has 6 nitrogen and oxygen atoms in total. The number of rotatable bonds is 6. The van der Waals surface area contributed by atoms with Gasteiger partial charge in [0.25, 0.3) is 0 Å². The number of hydrogen-bond donors (Lipinski definition) is 1. The van der Waals surface area contributed by atoms with Crippen LogP contribution in [-0.4, -0.2) is 35.6 Å². The molecule has 7 heteroatoms. The van der Waals surface area contributed by atoms with E-state index in [1.165, 1.54) is 13.2 Å². The number of hydrogen-bond acceptors (Lipinski definition) is 5. The second kappa shape index (κ2) is 8.00. The zero-order chi connectivity index (χ0) is 20.3. The van der Waals surface area contributed by atoms with Crippen LogP contribution in [0.25, 0.3) is 10.8 Å². The summed E-state index contributed by atoms with van der Waals surface area (Å²) in [5, 5.41) is 1.39. The van der Waals surface area contributed by atoms with Gasteiger partial charge in [0.15, 0.2) is 0 Å². The lowest BCUT2D eigenvalue weighted by Crippen LogP contribution is -2.34. The van der Waals surface area contributed by atoms with Crippen LogP contribution in [0, 0.1) is 0 Å². The lowest BCUT2D eigenvalue weighted by atomic mass is 10.1. The van der Waals surface area contributed by atoms with Gasteiger partial charge in [-0.05, 0) is 17.7 Å². The number of sulfonamides is 1. The number of benzene rings is 3. The summed E-state index contributed by atoms with van der Waals surface area (Å²) in [6.45, 7) is 0.